The first-order valence-corrected chi connectivity index (χ1v) is 10.8. The third-order valence-electron chi connectivity index (χ3n) is 6.71. The van der Waals surface area contributed by atoms with E-state index < -0.39 is 0 Å². The predicted molar refractivity (Wildman–Crippen MR) is 115 cm³/mol. The standard InChI is InChI=1S/C23H29N5O2/c1-15-10-18-21(11-16(15)2)28(14-24-18)13-17-5-7-27(8-6-17)23(29)20-12-19(25-26-20)22-4-3-9-30-22/h3-4,9-11,14,17,19-20,25-26H,5-8,12-13H2,1-2H3. The van der Waals surface area contributed by atoms with E-state index in [1.807, 2.05) is 23.4 Å². The molecule has 3 aromatic rings. The van der Waals surface area contributed by atoms with Crippen LogP contribution in [0.1, 0.15) is 42.2 Å². The average Bonchev–Trinajstić information content (AvgIpc) is 3.50. The number of hydrogen-bond acceptors (Lipinski definition) is 5. The zero-order valence-electron chi connectivity index (χ0n) is 17.6. The third-order valence-corrected chi connectivity index (χ3v) is 6.71. The minimum atomic E-state index is -0.194. The molecular weight excluding hydrogens is 378 g/mol. The van der Waals surface area contributed by atoms with Crippen molar-refractivity contribution in [2.24, 2.45) is 5.92 Å². The lowest BCUT2D eigenvalue weighted by Gasteiger charge is -2.33. The van der Waals surface area contributed by atoms with Gasteiger partial charge in [0.05, 0.1) is 29.7 Å². The van der Waals surface area contributed by atoms with Gasteiger partial charge < -0.3 is 13.9 Å². The highest BCUT2D eigenvalue weighted by Crippen LogP contribution is 2.26. The highest BCUT2D eigenvalue weighted by molar-refractivity contribution is 5.82. The van der Waals surface area contributed by atoms with Crippen LogP contribution in [0.3, 0.4) is 0 Å². The van der Waals surface area contributed by atoms with Crippen molar-refractivity contribution in [2.75, 3.05) is 13.1 Å². The summed E-state index contributed by atoms with van der Waals surface area (Å²) in [5.74, 6) is 1.63. The molecule has 2 aliphatic rings. The number of amides is 1. The molecule has 0 spiro atoms. The highest BCUT2D eigenvalue weighted by Gasteiger charge is 2.35. The molecule has 1 amide bonds. The number of likely N-dealkylation sites (tertiary alicyclic amines) is 1. The van der Waals surface area contributed by atoms with Crippen molar-refractivity contribution in [3.63, 3.8) is 0 Å². The van der Waals surface area contributed by atoms with Crippen LogP contribution in [0.2, 0.25) is 0 Å². The molecular formula is C23H29N5O2. The fraction of sp³-hybridized carbons (Fsp3) is 0.478. The quantitative estimate of drug-likeness (QED) is 0.695. The maximum absolute atomic E-state index is 13.0. The van der Waals surface area contributed by atoms with Gasteiger partial charge in [-0.2, -0.15) is 0 Å². The van der Waals surface area contributed by atoms with Crippen LogP contribution in [0.5, 0.6) is 0 Å². The van der Waals surface area contributed by atoms with Crippen molar-refractivity contribution in [1.29, 1.82) is 0 Å². The molecule has 0 bridgehead atoms. The number of carbonyl (C=O) groups is 1. The van der Waals surface area contributed by atoms with Gasteiger partial charge in [-0.3, -0.25) is 4.79 Å². The fourth-order valence-corrected chi connectivity index (χ4v) is 4.69. The Labute approximate surface area is 176 Å². The van der Waals surface area contributed by atoms with Crippen LogP contribution in [-0.2, 0) is 11.3 Å². The zero-order valence-corrected chi connectivity index (χ0v) is 17.6. The van der Waals surface area contributed by atoms with Gasteiger partial charge in [0.25, 0.3) is 0 Å². The Balaban J connectivity index is 1.17. The monoisotopic (exact) mass is 407 g/mol. The minimum Gasteiger partial charge on any atom is -0.468 e. The van der Waals surface area contributed by atoms with Crippen LogP contribution in [0, 0.1) is 19.8 Å². The summed E-state index contributed by atoms with van der Waals surface area (Å²) in [5, 5.41) is 0. The second-order valence-corrected chi connectivity index (χ2v) is 8.74. The van der Waals surface area contributed by atoms with E-state index in [0.717, 1.165) is 43.8 Å². The summed E-state index contributed by atoms with van der Waals surface area (Å²) in [6.07, 6.45) is 6.40. The summed E-state index contributed by atoms with van der Waals surface area (Å²) in [6, 6.07) is 8.09. The van der Waals surface area contributed by atoms with Crippen molar-refractivity contribution in [2.45, 2.75) is 51.7 Å². The van der Waals surface area contributed by atoms with Crippen molar-refractivity contribution < 1.29 is 9.21 Å². The summed E-state index contributed by atoms with van der Waals surface area (Å²) >= 11 is 0. The van der Waals surface area contributed by atoms with Crippen LogP contribution in [-0.4, -0.2) is 39.5 Å². The first-order valence-electron chi connectivity index (χ1n) is 10.8. The topological polar surface area (TPSA) is 75.3 Å². The third kappa shape index (κ3) is 3.63. The molecule has 2 aliphatic heterocycles. The number of nitrogens with zero attached hydrogens (tertiary/aromatic N) is 3. The normalized spacial score (nSPS) is 22.8. The molecule has 2 fully saturated rings. The average molecular weight is 408 g/mol. The molecule has 1 aromatic carbocycles. The molecule has 2 aromatic heterocycles. The number of carbonyl (C=O) groups excluding carboxylic acids is 1. The van der Waals surface area contributed by atoms with E-state index >= 15 is 0 Å². The summed E-state index contributed by atoms with van der Waals surface area (Å²) < 4.78 is 7.74. The summed E-state index contributed by atoms with van der Waals surface area (Å²) in [4.78, 5) is 19.6. The number of aryl methyl sites for hydroxylation is 2. The number of fused-ring (bicyclic) bond motifs is 1. The van der Waals surface area contributed by atoms with Gasteiger partial charge in [-0.05, 0) is 74.4 Å². The van der Waals surface area contributed by atoms with Crippen molar-refractivity contribution in [3.05, 3.63) is 53.7 Å². The smallest absolute Gasteiger partial charge is 0.241 e. The maximum Gasteiger partial charge on any atom is 0.241 e. The van der Waals surface area contributed by atoms with Gasteiger partial charge in [-0.15, -0.1) is 0 Å². The zero-order chi connectivity index (χ0) is 20.7. The Morgan fingerprint density at radius 1 is 1.20 bits per heavy atom. The van der Waals surface area contributed by atoms with Gasteiger partial charge in [-0.1, -0.05) is 0 Å². The Bertz CT molecular complexity index is 1030. The van der Waals surface area contributed by atoms with Gasteiger partial charge in [0.15, 0.2) is 0 Å². The molecule has 5 rings (SSSR count). The number of rotatable bonds is 4. The number of aromatic nitrogens is 2. The molecule has 4 heterocycles. The van der Waals surface area contributed by atoms with E-state index in [-0.39, 0.29) is 18.0 Å². The van der Waals surface area contributed by atoms with Gasteiger partial charge >= 0.3 is 0 Å². The molecule has 158 valence electrons. The summed E-state index contributed by atoms with van der Waals surface area (Å²) in [5.41, 5.74) is 11.2. The van der Waals surface area contributed by atoms with E-state index in [4.69, 9.17) is 4.42 Å². The second-order valence-electron chi connectivity index (χ2n) is 8.74. The first kappa shape index (κ1) is 19.3. The SMILES string of the molecule is Cc1cc2ncn(CC3CCN(C(=O)C4CC(c5ccco5)NN4)CC3)c2cc1C. The Morgan fingerprint density at radius 2 is 2.00 bits per heavy atom. The van der Waals surface area contributed by atoms with Crippen LogP contribution >= 0.6 is 0 Å². The maximum atomic E-state index is 13.0. The number of nitrogens with one attached hydrogen (secondary N) is 2. The van der Waals surface area contributed by atoms with Gasteiger partial charge in [0.2, 0.25) is 5.91 Å². The van der Waals surface area contributed by atoms with E-state index in [1.165, 1.54) is 16.6 Å². The van der Waals surface area contributed by atoms with Crippen LogP contribution < -0.4 is 10.9 Å². The number of piperidine rings is 1. The second kappa shape index (κ2) is 7.89. The number of imidazole rings is 1. The van der Waals surface area contributed by atoms with Crippen LogP contribution in [0.4, 0.5) is 0 Å². The Morgan fingerprint density at radius 3 is 2.77 bits per heavy atom. The van der Waals surface area contributed by atoms with E-state index in [1.54, 1.807) is 6.26 Å². The largest absolute Gasteiger partial charge is 0.468 e. The van der Waals surface area contributed by atoms with E-state index in [9.17, 15) is 4.79 Å². The van der Waals surface area contributed by atoms with Crippen LogP contribution in [0.15, 0.2) is 41.3 Å². The number of furan rings is 1. The first-order chi connectivity index (χ1) is 14.6. The lowest BCUT2D eigenvalue weighted by atomic mass is 9.95. The number of benzene rings is 1. The molecule has 0 radical (unpaired) electrons. The molecule has 2 atom stereocenters. The van der Waals surface area contributed by atoms with E-state index in [2.05, 4.69) is 46.4 Å². The van der Waals surface area contributed by atoms with Crippen LogP contribution in [0.25, 0.3) is 11.0 Å². The fourth-order valence-electron chi connectivity index (χ4n) is 4.69. The van der Waals surface area contributed by atoms with E-state index in [0.29, 0.717) is 12.3 Å². The van der Waals surface area contributed by atoms with Gasteiger partial charge in [-0.25, -0.2) is 15.8 Å². The molecule has 0 saturated carbocycles. The van der Waals surface area contributed by atoms with Crippen molar-refractivity contribution in [1.82, 2.24) is 25.3 Å². The highest BCUT2D eigenvalue weighted by atomic mass is 16.3. The molecule has 2 N–H and O–H groups in total. The summed E-state index contributed by atoms with van der Waals surface area (Å²) in [6.45, 7) is 6.88. The molecule has 2 saturated heterocycles. The molecule has 30 heavy (non-hydrogen) atoms. The molecule has 0 aliphatic carbocycles. The number of hydrazine groups is 1. The minimum absolute atomic E-state index is 0.0492. The summed E-state index contributed by atoms with van der Waals surface area (Å²) in [7, 11) is 0. The van der Waals surface area contributed by atoms with Gasteiger partial charge in [0.1, 0.15) is 11.8 Å². The molecule has 2 unspecified atom stereocenters. The van der Waals surface area contributed by atoms with Crippen molar-refractivity contribution >= 4 is 16.9 Å². The van der Waals surface area contributed by atoms with Gasteiger partial charge in [0, 0.05) is 19.6 Å². The molecule has 7 nitrogen and oxygen atoms in total. The Kier molecular flexibility index (Phi) is 5.08. The lowest BCUT2D eigenvalue weighted by Crippen LogP contribution is -2.48. The molecule has 7 heteroatoms. The predicted octanol–water partition coefficient (Wildman–Crippen LogP) is 3.09. The van der Waals surface area contributed by atoms with Crippen molar-refractivity contribution in [3.8, 4) is 0 Å². The lowest BCUT2D eigenvalue weighted by molar-refractivity contribution is -0.134. The Hall–Kier alpha value is -2.64. The number of hydrogen-bond donors (Lipinski definition) is 2.